The van der Waals surface area contributed by atoms with Gasteiger partial charge in [0.1, 0.15) is 12.4 Å². The lowest BCUT2D eigenvalue weighted by atomic mass is 9.86. The van der Waals surface area contributed by atoms with E-state index in [0.717, 1.165) is 24.1 Å². The topological polar surface area (TPSA) is 135 Å². The Balaban J connectivity index is 2.06. The van der Waals surface area contributed by atoms with Gasteiger partial charge < -0.3 is 16.2 Å². The monoisotopic (exact) mass is 516 g/mol. The molecule has 3 aromatic rings. The van der Waals surface area contributed by atoms with Gasteiger partial charge in [0.25, 0.3) is 0 Å². The summed E-state index contributed by atoms with van der Waals surface area (Å²) in [5, 5.41) is 11.7. The number of nitrogens with zero attached hydrogens (tertiary/aromatic N) is 2. The molecule has 8 nitrogen and oxygen atoms in total. The summed E-state index contributed by atoms with van der Waals surface area (Å²) in [5.41, 5.74) is 6.86. The van der Waals surface area contributed by atoms with Crippen molar-refractivity contribution in [2.24, 2.45) is 5.73 Å². The summed E-state index contributed by atoms with van der Waals surface area (Å²) in [7, 11) is -4.12. The summed E-state index contributed by atoms with van der Waals surface area (Å²) in [6.07, 6.45) is 6.02. The van der Waals surface area contributed by atoms with Crippen molar-refractivity contribution in [1.29, 1.82) is 0 Å². The van der Waals surface area contributed by atoms with E-state index in [2.05, 4.69) is 36.1 Å². The van der Waals surface area contributed by atoms with Crippen LogP contribution in [0, 0.1) is 0 Å². The summed E-state index contributed by atoms with van der Waals surface area (Å²) in [5.74, 6) is -0.829. The Morgan fingerprint density at radius 2 is 1.94 bits per heavy atom. The molecule has 0 bridgehead atoms. The molecule has 1 unspecified atom stereocenters. The van der Waals surface area contributed by atoms with Crippen LogP contribution in [0.5, 0.6) is 0 Å². The Labute approximate surface area is 210 Å². The van der Waals surface area contributed by atoms with Gasteiger partial charge in [-0.2, -0.15) is 0 Å². The largest absolute Gasteiger partial charge is 0.480 e. The van der Waals surface area contributed by atoms with Gasteiger partial charge in [-0.1, -0.05) is 39.7 Å². The molecule has 1 atom stereocenters. The normalized spacial score (nSPS) is 13.8. The van der Waals surface area contributed by atoms with Crippen molar-refractivity contribution in [3.8, 4) is 0 Å². The fourth-order valence-electron chi connectivity index (χ4n) is 3.81. The number of carboxylic acids is 1. The van der Waals surface area contributed by atoms with Gasteiger partial charge in [0.15, 0.2) is 4.87 Å². The molecule has 3 heterocycles. The zero-order valence-electron chi connectivity index (χ0n) is 20.2. The van der Waals surface area contributed by atoms with Gasteiger partial charge in [0, 0.05) is 28.6 Å². The number of sulfone groups is 1. The van der Waals surface area contributed by atoms with E-state index in [1.54, 1.807) is 35.6 Å². The lowest BCUT2D eigenvalue weighted by Gasteiger charge is -2.29. The van der Waals surface area contributed by atoms with Crippen LogP contribution in [0.25, 0.3) is 0 Å². The SMILES string of the molecule is CCCCC(C)(C)c1ccc(CC(N)(c2cccc(NCC(=O)O)n2)S(=O)(=O)c2cccnc2)s1. The summed E-state index contributed by atoms with van der Waals surface area (Å²) < 4.78 is 27.7. The number of anilines is 1. The zero-order valence-corrected chi connectivity index (χ0v) is 21.8. The van der Waals surface area contributed by atoms with Crippen LogP contribution >= 0.6 is 11.3 Å². The first-order valence-electron chi connectivity index (χ1n) is 11.5. The molecule has 3 aromatic heterocycles. The Hall–Kier alpha value is -2.82. The highest BCUT2D eigenvalue weighted by molar-refractivity contribution is 7.92. The van der Waals surface area contributed by atoms with Gasteiger partial charge in [-0.3, -0.25) is 9.78 Å². The van der Waals surface area contributed by atoms with Gasteiger partial charge in [-0.05, 0) is 48.2 Å². The zero-order chi connectivity index (χ0) is 25.7. The average molecular weight is 517 g/mol. The van der Waals surface area contributed by atoms with Crippen molar-refractivity contribution in [3.63, 3.8) is 0 Å². The van der Waals surface area contributed by atoms with Gasteiger partial charge in [-0.15, -0.1) is 11.3 Å². The minimum atomic E-state index is -4.12. The molecule has 0 saturated carbocycles. The number of pyridine rings is 2. The predicted molar refractivity (Wildman–Crippen MR) is 138 cm³/mol. The number of unbranched alkanes of at least 4 members (excludes halogenated alkanes) is 1. The summed E-state index contributed by atoms with van der Waals surface area (Å²) in [4.78, 5) is 19.4. The quantitative estimate of drug-likeness (QED) is 0.324. The molecule has 0 aliphatic rings. The summed E-state index contributed by atoms with van der Waals surface area (Å²) in [6.45, 7) is 6.19. The number of carboxylic acid groups (broad SMARTS) is 1. The van der Waals surface area contributed by atoms with E-state index in [9.17, 15) is 13.2 Å². The van der Waals surface area contributed by atoms with Crippen LogP contribution in [0.2, 0.25) is 0 Å². The van der Waals surface area contributed by atoms with Crippen LogP contribution in [-0.4, -0.2) is 36.0 Å². The van der Waals surface area contributed by atoms with Gasteiger partial charge in [0.2, 0.25) is 9.84 Å². The van der Waals surface area contributed by atoms with Crippen LogP contribution in [-0.2, 0) is 31.3 Å². The van der Waals surface area contributed by atoms with Crippen molar-refractivity contribution in [3.05, 3.63) is 70.3 Å². The molecule has 35 heavy (non-hydrogen) atoms. The molecule has 0 aliphatic carbocycles. The second-order valence-corrected chi connectivity index (χ2v) is 12.5. The van der Waals surface area contributed by atoms with Crippen LogP contribution in [0.4, 0.5) is 5.82 Å². The number of hydrogen-bond donors (Lipinski definition) is 3. The van der Waals surface area contributed by atoms with E-state index in [1.165, 1.54) is 23.3 Å². The molecular formula is C25H32N4O4S2. The first-order chi connectivity index (χ1) is 16.5. The lowest BCUT2D eigenvalue weighted by molar-refractivity contribution is -0.134. The van der Waals surface area contributed by atoms with E-state index >= 15 is 0 Å². The molecule has 0 aromatic carbocycles. The van der Waals surface area contributed by atoms with Crippen molar-refractivity contribution in [2.75, 3.05) is 11.9 Å². The second kappa shape index (κ2) is 10.8. The standard InChI is InChI=1S/C25H32N4O4S2/c1-4-5-13-24(2,3)21-12-11-18(34-21)15-25(26,35(32,33)19-8-7-14-27-16-19)20-9-6-10-22(29-20)28-17-23(30)31/h6-12,14,16H,4-5,13,15,17,26H2,1-3H3,(H,28,29)(H,30,31). The van der Waals surface area contributed by atoms with Crippen molar-refractivity contribution >= 4 is 33.0 Å². The molecule has 10 heteroatoms. The number of nitrogens with one attached hydrogen (secondary N) is 1. The number of thiophene rings is 1. The number of carbonyl (C=O) groups is 1. The van der Waals surface area contributed by atoms with Crippen molar-refractivity contribution in [1.82, 2.24) is 9.97 Å². The average Bonchev–Trinajstić information content (AvgIpc) is 3.31. The minimum Gasteiger partial charge on any atom is -0.480 e. The number of aliphatic carboxylic acids is 1. The third kappa shape index (κ3) is 6.06. The lowest BCUT2D eigenvalue weighted by Crippen LogP contribution is -2.47. The Morgan fingerprint density at radius 1 is 1.17 bits per heavy atom. The van der Waals surface area contributed by atoms with Crippen molar-refractivity contribution < 1.29 is 18.3 Å². The number of nitrogens with two attached hydrogens (primary N) is 1. The molecule has 188 valence electrons. The molecule has 4 N–H and O–H groups in total. The molecule has 0 saturated heterocycles. The first-order valence-corrected chi connectivity index (χ1v) is 13.8. The van der Waals surface area contributed by atoms with E-state index in [1.807, 2.05) is 12.1 Å². The predicted octanol–water partition coefficient (Wildman–Crippen LogP) is 4.33. The number of hydrogen-bond acceptors (Lipinski definition) is 8. The van der Waals surface area contributed by atoms with E-state index in [4.69, 9.17) is 10.8 Å². The molecule has 0 fully saturated rings. The molecule has 0 aliphatic heterocycles. The van der Waals surface area contributed by atoms with E-state index < -0.39 is 20.7 Å². The fourth-order valence-corrected chi connectivity index (χ4v) is 6.75. The molecule has 3 rings (SSSR count). The maximum atomic E-state index is 13.9. The Kier molecular flexibility index (Phi) is 8.30. The third-order valence-corrected chi connectivity index (χ3v) is 9.57. The van der Waals surface area contributed by atoms with Gasteiger partial charge >= 0.3 is 5.97 Å². The van der Waals surface area contributed by atoms with Crippen LogP contribution in [0.1, 0.15) is 55.5 Å². The first kappa shape index (κ1) is 26.8. The van der Waals surface area contributed by atoms with E-state index in [0.29, 0.717) is 0 Å². The number of rotatable bonds is 12. The van der Waals surface area contributed by atoms with E-state index in [-0.39, 0.29) is 34.8 Å². The Bertz CT molecular complexity index is 1260. The highest BCUT2D eigenvalue weighted by atomic mass is 32.2. The highest BCUT2D eigenvalue weighted by Gasteiger charge is 2.45. The van der Waals surface area contributed by atoms with Crippen molar-refractivity contribution in [2.45, 2.75) is 61.6 Å². The van der Waals surface area contributed by atoms with Gasteiger partial charge in [-0.25, -0.2) is 13.4 Å². The minimum absolute atomic E-state index is 0.00625. The molecule has 0 amide bonds. The second-order valence-electron chi connectivity index (χ2n) is 9.17. The Morgan fingerprint density at radius 3 is 2.60 bits per heavy atom. The number of aromatic nitrogens is 2. The summed E-state index contributed by atoms with van der Waals surface area (Å²) >= 11 is 1.56. The van der Waals surface area contributed by atoms with Crippen LogP contribution in [0.15, 0.2) is 59.8 Å². The summed E-state index contributed by atoms with van der Waals surface area (Å²) in [6, 6.07) is 11.7. The maximum Gasteiger partial charge on any atom is 0.322 e. The fraction of sp³-hybridized carbons (Fsp3) is 0.400. The highest BCUT2D eigenvalue weighted by Crippen LogP contribution is 2.39. The maximum absolute atomic E-state index is 13.9. The van der Waals surface area contributed by atoms with Gasteiger partial charge in [0.05, 0.1) is 10.6 Å². The van der Waals surface area contributed by atoms with Crippen LogP contribution < -0.4 is 11.1 Å². The molecule has 0 radical (unpaired) electrons. The third-order valence-electron chi connectivity index (χ3n) is 5.95. The smallest absolute Gasteiger partial charge is 0.322 e. The van der Waals surface area contributed by atoms with Crippen LogP contribution in [0.3, 0.4) is 0 Å². The molecule has 0 spiro atoms. The molecular weight excluding hydrogens is 484 g/mol.